The number of likely N-dealkylation sites (tertiary alicyclic amines) is 2. The number of nitrogens with one attached hydrogen (secondary N) is 1. The van der Waals surface area contributed by atoms with Crippen LogP contribution in [0.15, 0.2) is 35.3 Å². The van der Waals surface area contributed by atoms with Gasteiger partial charge < -0.3 is 15.0 Å². The molecule has 3 fully saturated rings. The summed E-state index contributed by atoms with van der Waals surface area (Å²) in [6, 6.07) is 12.1. The molecule has 0 aromatic heterocycles. The Hall–Kier alpha value is -1.63. The Morgan fingerprint density at radius 1 is 1.13 bits per heavy atom. The number of benzene rings is 1. The largest absolute Gasteiger partial charge is 0.379 e. The number of fused-ring (bicyclic) bond motifs is 1. The first kappa shape index (κ1) is 22.6. The average molecular weight is 428 g/mol. The van der Waals surface area contributed by atoms with Gasteiger partial charge >= 0.3 is 0 Å². The highest BCUT2D eigenvalue weighted by Gasteiger charge is 2.36. The second kappa shape index (κ2) is 11.3. The van der Waals surface area contributed by atoms with Crippen LogP contribution in [0.1, 0.15) is 38.7 Å². The molecule has 0 amide bonds. The number of hydrogen-bond acceptors (Lipinski definition) is 4. The quantitative estimate of drug-likeness (QED) is 0.559. The Balaban J connectivity index is 1.36. The Kier molecular flexibility index (Phi) is 8.22. The van der Waals surface area contributed by atoms with Crippen molar-refractivity contribution in [2.75, 3.05) is 59.0 Å². The molecule has 172 valence electrons. The maximum Gasteiger partial charge on any atom is 0.193 e. The molecule has 3 saturated heterocycles. The van der Waals surface area contributed by atoms with Crippen LogP contribution in [0, 0.1) is 5.92 Å². The molecule has 1 N–H and O–H groups in total. The first-order valence-corrected chi connectivity index (χ1v) is 12.4. The van der Waals surface area contributed by atoms with Gasteiger partial charge in [0, 0.05) is 51.4 Å². The van der Waals surface area contributed by atoms with Crippen LogP contribution in [-0.4, -0.2) is 91.8 Å². The summed E-state index contributed by atoms with van der Waals surface area (Å²) in [5.41, 5.74) is 1.44. The summed E-state index contributed by atoms with van der Waals surface area (Å²) in [4.78, 5) is 12.8. The van der Waals surface area contributed by atoms with Crippen molar-refractivity contribution in [3.63, 3.8) is 0 Å². The number of rotatable bonds is 6. The molecule has 3 aliphatic rings. The highest BCUT2D eigenvalue weighted by atomic mass is 16.5. The fourth-order valence-corrected chi connectivity index (χ4v) is 5.49. The summed E-state index contributed by atoms with van der Waals surface area (Å²) < 4.78 is 5.50. The molecule has 6 nitrogen and oxygen atoms in total. The van der Waals surface area contributed by atoms with Crippen LogP contribution in [0.2, 0.25) is 0 Å². The monoisotopic (exact) mass is 427 g/mol. The van der Waals surface area contributed by atoms with Crippen molar-refractivity contribution in [2.45, 2.75) is 51.7 Å². The van der Waals surface area contributed by atoms with Crippen LogP contribution in [-0.2, 0) is 11.3 Å². The van der Waals surface area contributed by atoms with Crippen molar-refractivity contribution in [2.24, 2.45) is 10.9 Å². The third kappa shape index (κ3) is 5.99. The van der Waals surface area contributed by atoms with Gasteiger partial charge in [-0.1, -0.05) is 30.3 Å². The van der Waals surface area contributed by atoms with Crippen LogP contribution < -0.4 is 5.32 Å². The maximum atomic E-state index is 5.50. The average Bonchev–Trinajstić information content (AvgIpc) is 2.82. The van der Waals surface area contributed by atoms with Gasteiger partial charge in [0.05, 0.1) is 19.8 Å². The third-order valence-electron chi connectivity index (χ3n) is 7.22. The normalized spacial score (nSPS) is 27.0. The van der Waals surface area contributed by atoms with Crippen LogP contribution >= 0.6 is 0 Å². The van der Waals surface area contributed by atoms with Gasteiger partial charge in [-0.15, -0.1) is 0 Å². The van der Waals surface area contributed by atoms with Crippen molar-refractivity contribution in [3.05, 3.63) is 35.9 Å². The smallest absolute Gasteiger partial charge is 0.193 e. The first-order valence-electron chi connectivity index (χ1n) is 12.4. The lowest BCUT2D eigenvalue weighted by molar-refractivity contribution is 0.0218. The minimum atomic E-state index is 0.464. The summed E-state index contributed by atoms with van der Waals surface area (Å²) in [5.74, 6) is 1.85. The molecule has 1 aromatic rings. The zero-order valence-electron chi connectivity index (χ0n) is 19.5. The molecule has 3 aliphatic heterocycles. The Morgan fingerprint density at radius 2 is 1.94 bits per heavy atom. The number of morpholine rings is 1. The van der Waals surface area contributed by atoms with Crippen LogP contribution in [0.5, 0.6) is 0 Å². The molecule has 0 saturated carbocycles. The molecule has 3 unspecified atom stereocenters. The maximum absolute atomic E-state index is 5.50. The van der Waals surface area contributed by atoms with E-state index in [0.29, 0.717) is 12.1 Å². The van der Waals surface area contributed by atoms with Gasteiger partial charge in [-0.2, -0.15) is 0 Å². The molecule has 0 spiro atoms. The van der Waals surface area contributed by atoms with E-state index in [4.69, 9.17) is 9.73 Å². The predicted octanol–water partition coefficient (Wildman–Crippen LogP) is 2.66. The zero-order chi connectivity index (χ0) is 21.5. The van der Waals surface area contributed by atoms with E-state index in [9.17, 15) is 0 Å². The number of nitrogens with zero attached hydrogens (tertiary/aromatic N) is 4. The highest BCUT2D eigenvalue weighted by molar-refractivity contribution is 5.80. The van der Waals surface area contributed by atoms with E-state index in [0.717, 1.165) is 70.9 Å². The molecule has 0 radical (unpaired) electrons. The van der Waals surface area contributed by atoms with Crippen molar-refractivity contribution in [1.29, 1.82) is 0 Å². The molecule has 0 bridgehead atoms. The molecule has 31 heavy (non-hydrogen) atoms. The summed E-state index contributed by atoms with van der Waals surface area (Å²) in [6.45, 7) is 14.6. The number of ether oxygens (including phenoxy) is 1. The van der Waals surface area contributed by atoms with Gasteiger partial charge in [0.15, 0.2) is 5.96 Å². The summed E-state index contributed by atoms with van der Waals surface area (Å²) in [5, 5.41) is 3.58. The molecule has 4 rings (SSSR count). The lowest BCUT2D eigenvalue weighted by atomic mass is 9.83. The van der Waals surface area contributed by atoms with Crippen LogP contribution in [0.3, 0.4) is 0 Å². The van der Waals surface area contributed by atoms with Gasteiger partial charge in [0.25, 0.3) is 0 Å². The van der Waals surface area contributed by atoms with E-state index in [1.165, 1.54) is 31.4 Å². The van der Waals surface area contributed by atoms with Crippen molar-refractivity contribution in [1.82, 2.24) is 20.0 Å². The van der Waals surface area contributed by atoms with Crippen molar-refractivity contribution in [3.8, 4) is 0 Å². The number of piperidine rings is 2. The second-order valence-corrected chi connectivity index (χ2v) is 9.35. The fourth-order valence-electron chi connectivity index (χ4n) is 5.49. The molecule has 6 heteroatoms. The minimum absolute atomic E-state index is 0.464. The van der Waals surface area contributed by atoms with Crippen LogP contribution in [0.25, 0.3) is 0 Å². The van der Waals surface area contributed by atoms with E-state index >= 15 is 0 Å². The lowest BCUT2D eigenvalue weighted by Crippen LogP contribution is -2.56. The van der Waals surface area contributed by atoms with Gasteiger partial charge in [0.1, 0.15) is 0 Å². The fraction of sp³-hybridized carbons (Fsp3) is 0.720. The van der Waals surface area contributed by atoms with E-state index < -0.39 is 0 Å². The van der Waals surface area contributed by atoms with Gasteiger partial charge in [0.2, 0.25) is 0 Å². The van der Waals surface area contributed by atoms with Crippen molar-refractivity contribution < 1.29 is 4.74 Å². The summed E-state index contributed by atoms with van der Waals surface area (Å²) in [6.07, 6.45) is 3.89. The number of guanidine groups is 1. The Morgan fingerprint density at radius 3 is 2.71 bits per heavy atom. The van der Waals surface area contributed by atoms with E-state index in [1.807, 2.05) is 0 Å². The molecule has 0 aliphatic carbocycles. The highest BCUT2D eigenvalue weighted by Crippen LogP contribution is 2.31. The molecule has 3 heterocycles. The molecular weight excluding hydrogens is 386 g/mol. The standard InChI is InChI=1S/C25H41N5O/c1-3-26-25(27-18-21(2)28-14-16-31-17-15-28)30-13-11-24-23(20-30)10-7-12-29(24)19-22-8-5-4-6-9-22/h4-6,8-9,21,23-24H,3,7,10-20H2,1-2H3,(H,26,27). The van der Waals surface area contributed by atoms with Crippen LogP contribution in [0.4, 0.5) is 0 Å². The topological polar surface area (TPSA) is 43.3 Å². The minimum Gasteiger partial charge on any atom is -0.379 e. The first-order chi connectivity index (χ1) is 15.2. The zero-order valence-corrected chi connectivity index (χ0v) is 19.5. The number of aliphatic imine (C=N–C) groups is 1. The lowest BCUT2D eigenvalue weighted by Gasteiger charge is -2.48. The van der Waals surface area contributed by atoms with Gasteiger partial charge in [-0.05, 0) is 51.1 Å². The molecule has 3 atom stereocenters. The van der Waals surface area contributed by atoms with Crippen molar-refractivity contribution >= 4 is 5.96 Å². The van der Waals surface area contributed by atoms with E-state index in [-0.39, 0.29) is 0 Å². The predicted molar refractivity (Wildman–Crippen MR) is 127 cm³/mol. The summed E-state index contributed by atoms with van der Waals surface area (Å²) in [7, 11) is 0. The third-order valence-corrected chi connectivity index (χ3v) is 7.22. The number of hydrogen-bond donors (Lipinski definition) is 1. The molecule has 1 aromatic carbocycles. The molecular formula is C25H41N5O. The summed E-state index contributed by atoms with van der Waals surface area (Å²) >= 11 is 0. The Bertz CT molecular complexity index is 690. The van der Waals surface area contributed by atoms with E-state index in [2.05, 4.69) is 64.2 Å². The van der Waals surface area contributed by atoms with Gasteiger partial charge in [-0.3, -0.25) is 14.8 Å². The van der Waals surface area contributed by atoms with Gasteiger partial charge in [-0.25, -0.2) is 0 Å². The SMILES string of the molecule is CCNC(=NCC(C)N1CCOCC1)N1CCC2C(CCCN2Cc2ccccc2)C1. The van der Waals surface area contributed by atoms with E-state index in [1.54, 1.807) is 0 Å². The second-order valence-electron chi connectivity index (χ2n) is 9.35. The Labute approximate surface area is 188 Å².